The van der Waals surface area contributed by atoms with Gasteiger partial charge in [-0.15, -0.1) is 0 Å². The number of amides is 1. The highest BCUT2D eigenvalue weighted by Gasteiger charge is 2.21. The Morgan fingerprint density at radius 1 is 1.08 bits per heavy atom. The lowest BCUT2D eigenvalue weighted by Crippen LogP contribution is -2.48. The van der Waals surface area contributed by atoms with E-state index in [1.54, 1.807) is 12.3 Å². The molecule has 126 valence electrons. The Morgan fingerprint density at radius 2 is 1.88 bits per heavy atom. The third-order valence-corrected chi connectivity index (χ3v) is 4.46. The van der Waals surface area contributed by atoms with E-state index in [4.69, 9.17) is 11.6 Å². The number of carbonyl (C=O) groups excluding carboxylic acids is 1. The lowest BCUT2D eigenvalue weighted by atomic mass is 10.1. The second-order valence-electron chi connectivity index (χ2n) is 6.02. The number of benzene rings is 1. The zero-order valence-electron chi connectivity index (χ0n) is 13.4. The molecule has 24 heavy (non-hydrogen) atoms. The number of carbonyl (C=O) groups is 1. The summed E-state index contributed by atoms with van der Waals surface area (Å²) in [5.41, 5.74) is 1.94. The number of nitrogens with zero attached hydrogens (tertiary/aromatic N) is 2. The van der Waals surface area contributed by atoms with Crippen LogP contribution in [0, 0.1) is 0 Å². The zero-order chi connectivity index (χ0) is 16.9. The molecular formula is C18H20ClN3O2. The van der Waals surface area contributed by atoms with Crippen molar-refractivity contribution in [3.8, 4) is 0 Å². The van der Waals surface area contributed by atoms with E-state index in [0.717, 1.165) is 43.9 Å². The first-order valence-electron chi connectivity index (χ1n) is 8.02. The van der Waals surface area contributed by atoms with Gasteiger partial charge in [-0.2, -0.15) is 0 Å². The van der Waals surface area contributed by atoms with Gasteiger partial charge in [0.25, 0.3) is 0 Å². The summed E-state index contributed by atoms with van der Waals surface area (Å²) in [5.74, 6) is 0.140. The summed E-state index contributed by atoms with van der Waals surface area (Å²) in [6.45, 7) is 3.90. The van der Waals surface area contributed by atoms with E-state index in [1.165, 1.54) is 0 Å². The lowest BCUT2D eigenvalue weighted by molar-refractivity contribution is -0.132. The first-order valence-corrected chi connectivity index (χ1v) is 8.40. The van der Waals surface area contributed by atoms with Crippen LogP contribution in [-0.2, 0) is 17.8 Å². The molecule has 1 amide bonds. The molecule has 1 fully saturated rings. The van der Waals surface area contributed by atoms with Crippen LogP contribution in [0.15, 0.2) is 47.4 Å². The van der Waals surface area contributed by atoms with Gasteiger partial charge in [0.1, 0.15) is 0 Å². The highest BCUT2D eigenvalue weighted by atomic mass is 35.5. The minimum absolute atomic E-state index is 0.0878. The molecule has 1 aliphatic heterocycles. The fraction of sp³-hybridized carbons (Fsp3) is 0.333. The maximum absolute atomic E-state index is 12.4. The summed E-state index contributed by atoms with van der Waals surface area (Å²) in [7, 11) is 0. The van der Waals surface area contributed by atoms with E-state index >= 15 is 0 Å². The third kappa shape index (κ3) is 4.46. The maximum atomic E-state index is 12.4. The second kappa shape index (κ2) is 7.64. The van der Waals surface area contributed by atoms with Gasteiger partial charge < -0.3 is 9.88 Å². The van der Waals surface area contributed by atoms with Crippen LogP contribution < -0.4 is 5.56 Å². The van der Waals surface area contributed by atoms with E-state index in [9.17, 15) is 9.59 Å². The van der Waals surface area contributed by atoms with Crippen molar-refractivity contribution in [3.63, 3.8) is 0 Å². The molecule has 0 radical (unpaired) electrons. The monoisotopic (exact) mass is 345 g/mol. The Balaban J connectivity index is 1.50. The van der Waals surface area contributed by atoms with E-state index in [2.05, 4.69) is 9.88 Å². The van der Waals surface area contributed by atoms with Crippen LogP contribution in [-0.4, -0.2) is 46.9 Å². The van der Waals surface area contributed by atoms with Crippen molar-refractivity contribution < 1.29 is 4.79 Å². The van der Waals surface area contributed by atoms with E-state index in [1.807, 2.05) is 35.2 Å². The molecule has 1 aromatic carbocycles. The van der Waals surface area contributed by atoms with Crippen molar-refractivity contribution in [1.29, 1.82) is 0 Å². The first kappa shape index (κ1) is 16.7. The first-order chi connectivity index (χ1) is 11.6. The predicted octanol–water partition coefficient (Wildman–Crippen LogP) is 1.92. The smallest absolute Gasteiger partial charge is 0.247 e. The number of piperazine rings is 1. The molecule has 2 heterocycles. The minimum Gasteiger partial charge on any atom is -0.340 e. The topological polar surface area (TPSA) is 56.4 Å². The number of hydrogen-bond acceptors (Lipinski definition) is 3. The van der Waals surface area contributed by atoms with Gasteiger partial charge in [0.15, 0.2) is 0 Å². The molecule has 1 aliphatic rings. The molecule has 0 atom stereocenters. The number of rotatable bonds is 4. The van der Waals surface area contributed by atoms with Gasteiger partial charge in [0.2, 0.25) is 11.5 Å². The Hall–Kier alpha value is -2.11. The minimum atomic E-state index is -0.0878. The molecule has 6 heteroatoms. The lowest BCUT2D eigenvalue weighted by Gasteiger charge is -2.34. The van der Waals surface area contributed by atoms with Crippen LogP contribution in [0.1, 0.15) is 11.1 Å². The summed E-state index contributed by atoms with van der Waals surface area (Å²) in [6, 6.07) is 10.8. The van der Waals surface area contributed by atoms with Gasteiger partial charge in [-0.25, -0.2) is 0 Å². The molecule has 0 unspecified atom stereocenters. The van der Waals surface area contributed by atoms with Crippen LogP contribution in [0.2, 0.25) is 5.02 Å². The van der Waals surface area contributed by atoms with Gasteiger partial charge in [0.05, 0.1) is 6.42 Å². The van der Waals surface area contributed by atoms with Gasteiger partial charge in [-0.05, 0) is 23.3 Å². The normalized spacial score (nSPS) is 15.5. The molecule has 1 aromatic heterocycles. The van der Waals surface area contributed by atoms with Gasteiger partial charge in [0, 0.05) is 50.0 Å². The van der Waals surface area contributed by atoms with E-state index in [0.29, 0.717) is 11.4 Å². The molecule has 1 saturated heterocycles. The highest BCUT2D eigenvalue weighted by molar-refractivity contribution is 6.30. The predicted molar refractivity (Wildman–Crippen MR) is 94.1 cm³/mol. The Bertz CT molecular complexity index is 746. The number of halogens is 1. The SMILES string of the molecule is O=C(Cc1cccc(Cl)c1)N1CCN(Cc2ccc(=O)[nH]c2)CC1. The quantitative estimate of drug-likeness (QED) is 0.921. The van der Waals surface area contributed by atoms with Crippen molar-refractivity contribution in [2.24, 2.45) is 0 Å². The van der Waals surface area contributed by atoms with Gasteiger partial charge >= 0.3 is 0 Å². The number of aromatic amines is 1. The van der Waals surface area contributed by atoms with Crippen LogP contribution in [0.25, 0.3) is 0 Å². The molecular weight excluding hydrogens is 326 g/mol. The fourth-order valence-electron chi connectivity index (χ4n) is 2.89. The van der Waals surface area contributed by atoms with Crippen LogP contribution in [0.4, 0.5) is 0 Å². The number of aromatic nitrogens is 1. The Labute approximate surface area is 145 Å². The molecule has 3 rings (SSSR count). The number of hydrogen-bond donors (Lipinski definition) is 1. The molecule has 5 nitrogen and oxygen atoms in total. The summed E-state index contributed by atoms with van der Waals surface area (Å²) in [5, 5.41) is 0.658. The average Bonchev–Trinajstić information content (AvgIpc) is 2.57. The Morgan fingerprint density at radius 3 is 2.54 bits per heavy atom. The van der Waals surface area contributed by atoms with E-state index < -0.39 is 0 Å². The number of nitrogens with one attached hydrogen (secondary N) is 1. The van der Waals surface area contributed by atoms with Gasteiger partial charge in [-0.1, -0.05) is 29.8 Å². The van der Waals surface area contributed by atoms with Crippen molar-refractivity contribution in [2.45, 2.75) is 13.0 Å². The summed E-state index contributed by atoms with van der Waals surface area (Å²) >= 11 is 5.97. The highest BCUT2D eigenvalue weighted by Crippen LogP contribution is 2.13. The number of pyridine rings is 1. The number of H-pyrrole nitrogens is 1. The maximum Gasteiger partial charge on any atom is 0.247 e. The van der Waals surface area contributed by atoms with Crippen LogP contribution in [0.5, 0.6) is 0 Å². The Kier molecular flexibility index (Phi) is 5.33. The fourth-order valence-corrected chi connectivity index (χ4v) is 3.10. The molecule has 2 aromatic rings. The molecule has 0 bridgehead atoms. The molecule has 0 aliphatic carbocycles. The molecule has 1 N–H and O–H groups in total. The standard InChI is InChI=1S/C18H20ClN3O2/c19-16-3-1-2-14(10-16)11-18(24)22-8-6-21(7-9-22)13-15-4-5-17(23)20-12-15/h1-5,10,12H,6-9,11,13H2,(H,20,23). The zero-order valence-corrected chi connectivity index (χ0v) is 14.1. The average molecular weight is 346 g/mol. The van der Waals surface area contributed by atoms with Crippen molar-refractivity contribution in [1.82, 2.24) is 14.8 Å². The van der Waals surface area contributed by atoms with Crippen molar-refractivity contribution >= 4 is 17.5 Å². The second-order valence-corrected chi connectivity index (χ2v) is 6.46. The summed E-state index contributed by atoms with van der Waals surface area (Å²) in [4.78, 5) is 30.4. The summed E-state index contributed by atoms with van der Waals surface area (Å²) in [6.07, 6.45) is 2.14. The summed E-state index contributed by atoms with van der Waals surface area (Å²) < 4.78 is 0. The molecule has 0 spiro atoms. The van der Waals surface area contributed by atoms with Gasteiger partial charge in [-0.3, -0.25) is 14.5 Å². The van der Waals surface area contributed by atoms with Crippen LogP contribution >= 0.6 is 11.6 Å². The van der Waals surface area contributed by atoms with Crippen molar-refractivity contribution in [3.05, 3.63) is 69.1 Å². The molecule has 0 saturated carbocycles. The third-order valence-electron chi connectivity index (χ3n) is 4.22. The van der Waals surface area contributed by atoms with Crippen molar-refractivity contribution in [2.75, 3.05) is 26.2 Å². The largest absolute Gasteiger partial charge is 0.340 e. The van der Waals surface area contributed by atoms with E-state index in [-0.39, 0.29) is 11.5 Å². The van der Waals surface area contributed by atoms with Crippen LogP contribution in [0.3, 0.4) is 0 Å².